The van der Waals surface area contributed by atoms with Crippen molar-refractivity contribution >= 4 is 17.2 Å². The Kier molecular flexibility index (Phi) is 5.28. The third kappa shape index (κ3) is 4.38. The van der Waals surface area contributed by atoms with Crippen LogP contribution in [0.4, 0.5) is 0 Å². The summed E-state index contributed by atoms with van der Waals surface area (Å²) in [7, 11) is 0. The lowest BCUT2D eigenvalue weighted by Gasteiger charge is -2.25. The van der Waals surface area contributed by atoms with Gasteiger partial charge in [0.2, 0.25) is 5.91 Å². The SMILES string of the molecule is CCc1cnc(CCNC(=O)[C@@H](N)C(C)(C)C)s1. The molecule has 0 radical (unpaired) electrons. The summed E-state index contributed by atoms with van der Waals surface area (Å²) in [6.07, 6.45) is 3.69. The molecule has 0 saturated carbocycles. The molecule has 5 heteroatoms. The summed E-state index contributed by atoms with van der Waals surface area (Å²) >= 11 is 1.70. The standard InChI is InChI=1S/C13H23N3OS/c1-5-9-8-16-10(18-9)6-7-15-12(17)11(14)13(2,3)4/h8,11H,5-7,14H2,1-4H3,(H,15,17)/t11-/m1/s1. The Morgan fingerprint density at radius 2 is 2.22 bits per heavy atom. The van der Waals surface area contributed by atoms with Crippen molar-refractivity contribution in [3.63, 3.8) is 0 Å². The van der Waals surface area contributed by atoms with Crippen LogP contribution in [0.1, 0.15) is 37.6 Å². The summed E-state index contributed by atoms with van der Waals surface area (Å²) in [5.41, 5.74) is 5.67. The van der Waals surface area contributed by atoms with Crippen LogP contribution in [-0.4, -0.2) is 23.5 Å². The van der Waals surface area contributed by atoms with Gasteiger partial charge in [0.25, 0.3) is 0 Å². The molecule has 0 unspecified atom stereocenters. The Morgan fingerprint density at radius 1 is 1.56 bits per heavy atom. The van der Waals surface area contributed by atoms with Crippen molar-refractivity contribution in [1.82, 2.24) is 10.3 Å². The quantitative estimate of drug-likeness (QED) is 0.855. The number of carbonyl (C=O) groups is 1. The molecule has 1 amide bonds. The van der Waals surface area contributed by atoms with E-state index >= 15 is 0 Å². The van der Waals surface area contributed by atoms with E-state index in [9.17, 15) is 4.79 Å². The van der Waals surface area contributed by atoms with Gasteiger partial charge in [0.05, 0.1) is 11.0 Å². The second kappa shape index (κ2) is 6.29. The molecule has 3 N–H and O–H groups in total. The van der Waals surface area contributed by atoms with Crippen molar-refractivity contribution in [2.45, 2.75) is 46.6 Å². The maximum absolute atomic E-state index is 11.8. The maximum Gasteiger partial charge on any atom is 0.237 e. The van der Waals surface area contributed by atoms with Gasteiger partial charge < -0.3 is 11.1 Å². The van der Waals surface area contributed by atoms with Gasteiger partial charge in [-0.15, -0.1) is 11.3 Å². The minimum absolute atomic E-state index is 0.0882. The molecule has 1 atom stereocenters. The number of hydrogen-bond donors (Lipinski definition) is 2. The van der Waals surface area contributed by atoms with Crippen molar-refractivity contribution < 1.29 is 4.79 Å². The highest BCUT2D eigenvalue weighted by atomic mass is 32.1. The van der Waals surface area contributed by atoms with Crippen LogP contribution in [0.15, 0.2) is 6.20 Å². The molecular formula is C13H23N3OS. The predicted octanol–water partition coefficient (Wildman–Crippen LogP) is 1.74. The molecule has 102 valence electrons. The van der Waals surface area contributed by atoms with E-state index in [1.165, 1.54) is 4.88 Å². The Morgan fingerprint density at radius 3 is 2.72 bits per heavy atom. The minimum Gasteiger partial charge on any atom is -0.354 e. The zero-order valence-corrected chi connectivity index (χ0v) is 12.4. The van der Waals surface area contributed by atoms with E-state index < -0.39 is 6.04 Å². The summed E-state index contributed by atoms with van der Waals surface area (Å²) in [6.45, 7) is 8.60. The predicted molar refractivity (Wildman–Crippen MR) is 75.6 cm³/mol. The molecule has 4 nitrogen and oxygen atoms in total. The van der Waals surface area contributed by atoms with Gasteiger partial charge in [0.15, 0.2) is 0 Å². The van der Waals surface area contributed by atoms with Crippen molar-refractivity contribution in [3.8, 4) is 0 Å². The molecule has 0 saturated heterocycles. The largest absolute Gasteiger partial charge is 0.354 e. The zero-order chi connectivity index (χ0) is 13.8. The number of hydrogen-bond acceptors (Lipinski definition) is 4. The number of rotatable bonds is 5. The first-order valence-corrected chi connectivity index (χ1v) is 7.13. The monoisotopic (exact) mass is 269 g/mol. The molecule has 0 aliphatic rings. The number of thiazole rings is 1. The van der Waals surface area contributed by atoms with E-state index in [2.05, 4.69) is 17.2 Å². The Labute approximate surface area is 113 Å². The van der Waals surface area contributed by atoms with Gasteiger partial charge in [-0.2, -0.15) is 0 Å². The molecule has 0 bridgehead atoms. The van der Waals surface area contributed by atoms with Crippen molar-refractivity contribution in [3.05, 3.63) is 16.1 Å². The summed E-state index contributed by atoms with van der Waals surface area (Å²) in [4.78, 5) is 17.4. The molecule has 0 spiro atoms. The number of nitrogens with one attached hydrogen (secondary N) is 1. The van der Waals surface area contributed by atoms with E-state index in [0.717, 1.165) is 17.8 Å². The van der Waals surface area contributed by atoms with Crippen LogP contribution < -0.4 is 11.1 Å². The molecule has 1 aromatic rings. The van der Waals surface area contributed by atoms with Gasteiger partial charge >= 0.3 is 0 Å². The summed E-state index contributed by atoms with van der Waals surface area (Å²) in [6, 6.07) is -0.472. The third-order valence-corrected chi connectivity index (χ3v) is 4.00. The van der Waals surface area contributed by atoms with E-state index in [0.29, 0.717) is 6.54 Å². The molecule has 0 aliphatic heterocycles. The van der Waals surface area contributed by atoms with Crippen molar-refractivity contribution in [1.29, 1.82) is 0 Å². The van der Waals surface area contributed by atoms with Crippen LogP contribution in [0, 0.1) is 5.41 Å². The van der Waals surface area contributed by atoms with E-state index in [1.807, 2.05) is 27.0 Å². The molecule has 1 aromatic heterocycles. The van der Waals surface area contributed by atoms with Gasteiger partial charge in [-0.3, -0.25) is 4.79 Å². The molecule has 0 aliphatic carbocycles. The molecule has 1 rings (SSSR count). The highest BCUT2D eigenvalue weighted by molar-refractivity contribution is 7.11. The van der Waals surface area contributed by atoms with Crippen molar-refractivity contribution in [2.24, 2.45) is 11.1 Å². The fourth-order valence-corrected chi connectivity index (χ4v) is 2.28. The fraction of sp³-hybridized carbons (Fsp3) is 0.692. The number of aryl methyl sites for hydroxylation is 1. The lowest BCUT2D eigenvalue weighted by Crippen LogP contribution is -2.48. The molecule has 1 heterocycles. The second-order valence-corrected chi connectivity index (χ2v) is 6.66. The van der Waals surface area contributed by atoms with E-state index in [-0.39, 0.29) is 11.3 Å². The first-order valence-electron chi connectivity index (χ1n) is 6.31. The van der Waals surface area contributed by atoms with Crippen LogP contribution in [0.2, 0.25) is 0 Å². The fourth-order valence-electron chi connectivity index (χ4n) is 1.42. The second-order valence-electron chi connectivity index (χ2n) is 5.46. The highest BCUT2D eigenvalue weighted by Gasteiger charge is 2.26. The number of nitrogens with zero attached hydrogens (tertiary/aromatic N) is 1. The smallest absolute Gasteiger partial charge is 0.237 e. The molecule has 0 aromatic carbocycles. The lowest BCUT2D eigenvalue weighted by molar-refractivity contribution is -0.124. The lowest BCUT2D eigenvalue weighted by atomic mass is 9.87. The topological polar surface area (TPSA) is 68.0 Å². The number of amides is 1. The molecule has 18 heavy (non-hydrogen) atoms. The Bertz CT molecular complexity index is 395. The Hall–Kier alpha value is -0.940. The van der Waals surface area contributed by atoms with Gasteiger partial charge in [-0.1, -0.05) is 27.7 Å². The molecular weight excluding hydrogens is 246 g/mol. The van der Waals surface area contributed by atoms with Crippen LogP contribution in [0.25, 0.3) is 0 Å². The van der Waals surface area contributed by atoms with Gasteiger partial charge in [-0.05, 0) is 11.8 Å². The van der Waals surface area contributed by atoms with Gasteiger partial charge in [-0.25, -0.2) is 4.98 Å². The normalized spacial score (nSPS) is 13.4. The average molecular weight is 269 g/mol. The van der Waals surface area contributed by atoms with Gasteiger partial charge in [0.1, 0.15) is 0 Å². The molecule has 0 fully saturated rings. The minimum atomic E-state index is -0.472. The number of aromatic nitrogens is 1. The summed E-state index contributed by atoms with van der Waals surface area (Å²) in [5.74, 6) is -0.0882. The van der Waals surface area contributed by atoms with Crippen LogP contribution in [0.5, 0.6) is 0 Å². The summed E-state index contributed by atoms with van der Waals surface area (Å²) < 4.78 is 0. The average Bonchev–Trinajstić information content (AvgIpc) is 2.74. The van der Waals surface area contributed by atoms with E-state index in [4.69, 9.17) is 5.73 Å². The van der Waals surface area contributed by atoms with E-state index in [1.54, 1.807) is 11.3 Å². The van der Waals surface area contributed by atoms with Gasteiger partial charge in [0, 0.05) is 24.0 Å². The maximum atomic E-state index is 11.8. The Balaban J connectivity index is 2.35. The van der Waals surface area contributed by atoms with Crippen LogP contribution >= 0.6 is 11.3 Å². The zero-order valence-electron chi connectivity index (χ0n) is 11.6. The highest BCUT2D eigenvalue weighted by Crippen LogP contribution is 2.17. The van der Waals surface area contributed by atoms with Crippen molar-refractivity contribution in [2.75, 3.05) is 6.54 Å². The summed E-state index contributed by atoms with van der Waals surface area (Å²) in [5, 5.41) is 3.93. The third-order valence-electron chi connectivity index (χ3n) is 2.80. The van der Waals surface area contributed by atoms with Crippen LogP contribution in [0.3, 0.4) is 0 Å². The number of carbonyl (C=O) groups excluding carboxylic acids is 1. The first-order chi connectivity index (χ1) is 8.34. The first kappa shape index (κ1) is 15.1. The van der Waals surface area contributed by atoms with Crippen LogP contribution in [-0.2, 0) is 17.6 Å². The number of nitrogens with two attached hydrogens (primary N) is 1.